The molecular weight excluding hydrogens is 299 g/mol. The Bertz CT molecular complexity index is 533. The molecule has 1 fully saturated rings. The molecule has 1 aliphatic heterocycles. The second kappa shape index (κ2) is 6.56. The molecule has 22 heavy (non-hydrogen) atoms. The number of carbonyl (C=O) groups is 1. The Morgan fingerprint density at radius 3 is 2.59 bits per heavy atom. The second-order valence-electron chi connectivity index (χ2n) is 5.33. The van der Waals surface area contributed by atoms with Crippen LogP contribution in [0.3, 0.4) is 0 Å². The van der Waals surface area contributed by atoms with Crippen LogP contribution in [0.4, 0.5) is 13.2 Å². The number of rotatable bonds is 5. The van der Waals surface area contributed by atoms with Crippen LogP contribution < -0.4 is 4.74 Å². The van der Waals surface area contributed by atoms with E-state index in [-0.39, 0.29) is 19.6 Å². The molecule has 2 atom stereocenters. The molecule has 2 rings (SSSR count). The van der Waals surface area contributed by atoms with Crippen molar-refractivity contribution in [2.45, 2.75) is 19.6 Å². The molecule has 4 nitrogen and oxygen atoms in total. The lowest BCUT2D eigenvalue weighted by molar-refractivity contribution is -0.188. The van der Waals surface area contributed by atoms with Crippen molar-refractivity contribution < 1.29 is 27.8 Å². The van der Waals surface area contributed by atoms with E-state index in [9.17, 15) is 18.0 Å². The van der Waals surface area contributed by atoms with Crippen molar-refractivity contribution in [1.29, 1.82) is 0 Å². The minimum Gasteiger partial charge on any atom is -0.494 e. The third kappa shape index (κ3) is 3.71. The topological polar surface area (TPSA) is 49.8 Å². The molecule has 0 saturated carbocycles. The number of benzene rings is 1. The van der Waals surface area contributed by atoms with Gasteiger partial charge >= 0.3 is 12.1 Å². The number of likely N-dealkylation sites (tertiary alicyclic amines) is 1. The van der Waals surface area contributed by atoms with E-state index in [2.05, 4.69) is 0 Å². The molecule has 7 heteroatoms. The summed E-state index contributed by atoms with van der Waals surface area (Å²) in [5.41, 5.74) is 0.760. The first-order valence-electron chi connectivity index (χ1n) is 7.05. The van der Waals surface area contributed by atoms with Gasteiger partial charge < -0.3 is 9.84 Å². The highest BCUT2D eigenvalue weighted by Gasteiger charge is 2.52. The van der Waals surface area contributed by atoms with Gasteiger partial charge in [0.25, 0.3) is 0 Å². The third-order valence-corrected chi connectivity index (χ3v) is 3.80. The maximum atomic E-state index is 13.0. The first kappa shape index (κ1) is 16.6. The summed E-state index contributed by atoms with van der Waals surface area (Å²) in [7, 11) is 0. The van der Waals surface area contributed by atoms with E-state index >= 15 is 0 Å². The van der Waals surface area contributed by atoms with Gasteiger partial charge in [0, 0.05) is 25.2 Å². The minimum atomic E-state index is -4.50. The van der Waals surface area contributed by atoms with Crippen LogP contribution >= 0.6 is 0 Å². The van der Waals surface area contributed by atoms with E-state index in [1.807, 2.05) is 6.92 Å². The van der Waals surface area contributed by atoms with Crippen LogP contribution in [0.25, 0.3) is 0 Å². The Hall–Kier alpha value is -1.76. The van der Waals surface area contributed by atoms with Crippen LogP contribution in [0, 0.1) is 11.8 Å². The van der Waals surface area contributed by atoms with Crippen LogP contribution in [0.2, 0.25) is 0 Å². The Kier molecular flexibility index (Phi) is 4.95. The smallest absolute Gasteiger partial charge is 0.393 e. The van der Waals surface area contributed by atoms with Crippen LogP contribution in [0.1, 0.15) is 12.5 Å². The Morgan fingerprint density at radius 1 is 1.36 bits per heavy atom. The molecule has 0 spiro atoms. The number of hydrogen-bond donors (Lipinski definition) is 1. The molecular formula is C15H18F3NO3. The third-order valence-electron chi connectivity index (χ3n) is 3.80. The lowest BCUT2D eigenvalue weighted by Gasteiger charge is -2.19. The largest absolute Gasteiger partial charge is 0.494 e. The van der Waals surface area contributed by atoms with Gasteiger partial charge in [0.15, 0.2) is 0 Å². The molecule has 122 valence electrons. The van der Waals surface area contributed by atoms with Gasteiger partial charge in [0.2, 0.25) is 0 Å². The number of aliphatic carboxylic acids is 1. The highest BCUT2D eigenvalue weighted by Crippen LogP contribution is 2.38. The van der Waals surface area contributed by atoms with E-state index in [1.54, 1.807) is 24.3 Å². The van der Waals surface area contributed by atoms with Gasteiger partial charge in [-0.15, -0.1) is 0 Å². The number of hydrogen-bond acceptors (Lipinski definition) is 3. The molecule has 0 unspecified atom stereocenters. The quantitative estimate of drug-likeness (QED) is 0.907. The van der Waals surface area contributed by atoms with Crippen molar-refractivity contribution in [3.8, 4) is 5.75 Å². The Labute approximate surface area is 126 Å². The van der Waals surface area contributed by atoms with Crippen molar-refractivity contribution in [1.82, 2.24) is 4.90 Å². The minimum absolute atomic E-state index is 0.111. The first-order valence-corrected chi connectivity index (χ1v) is 7.05. The van der Waals surface area contributed by atoms with Gasteiger partial charge in [0.05, 0.1) is 18.4 Å². The molecule has 1 heterocycles. The zero-order valence-electron chi connectivity index (χ0n) is 12.1. The van der Waals surface area contributed by atoms with Crippen molar-refractivity contribution in [2.24, 2.45) is 11.8 Å². The second-order valence-corrected chi connectivity index (χ2v) is 5.33. The number of halogens is 3. The fraction of sp³-hybridized carbons (Fsp3) is 0.533. The molecule has 1 saturated heterocycles. The Morgan fingerprint density at radius 2 is 2.05 bits per heavy atom. The molecule has 1 aromatic carbocycles. The van der Waals surface area contributed by atoms with Crippen LogP contribution in [-0.4, -0.2) is 41.8 Å². The lowest BCUT2D eigenvalue weighted by atomic mass is 9.96. The summed E-state index contributed by atoms with van der Waals surface area (Å²) in [6.07, 6.45) is -4.50. The van der Waals surface area contributed by atoms with Crippen molar-refractivity contribution in [3.63, 3.8) is 0 Å². The zero-order chi connectivity index (χ0) is 16.3. The summed E-state index contributed by atoms with van der Waals surface area (Å²) < 4.78 is 44.4. The van der Waals surface area contributed by atoms with Crippen LogP contribution in [-0.2, 0) is 11.3 Å². The highest BCUT2D eigenvalue weighted by molar-refractivity contribution is 5.71. The van der Waals surface area contributed by atoms with Gasteiger partial charge in [-0.05, 0) is 13.0 Å². The van der Waals surface area contributed by atoms with Gasteiger partial charge in [0.1, 0.15) is 5.75 Å². The van der Waals surface area contributed by atoms with Gasteiger partial charge in [-0.1, -0.05) is 18.2 Å². The molecule has 1 N–H and O–H groups in total. The van der Waals surface area contributed by atoms with Crippen molar-refractivity contribution >= 4 is 5.97 Å². The van der Waals surface area contributed by atoms with E-state index in [4.69, 9.17) is 9.84 Å². The van der Waals surface area contributed by atoms with Crippen molar-refractivity contribution in [3.05, 3.63) is 29.8 Å². The molecule has 0 amide bonds. The fourth-order valence-electron chi connectivity index (χ4n) is 2.77. The summed E-state index contributed by atoms with van der Waals surface area (Å²) in [5, 5.41) is 9.02. The molecule has 0 bridgehead atoms. The first-order chi connectivity index (χ1) is 10.3. The maximum absolute atomic E-state index is 13.0. The van der Waals surface area contributed by atoms with Gasteiger partial charge in [-0.2, -0.15) is 13.2 Å². The lowest BCUT2D eigenvalue weighted by Crippen LogP contribution is -2.33. The summed E-state index contributed by atoms with van der Waals surface area (Å²) in [5.74, 6) is -4.03. The predicted octanol–water partition coefficient (Wildman–Crippen LogP) is 2.78. The van der Waals surface area contributed by atoms with Crippen LogP contribution in [0.15, 0.2) is 24.3 Å². The van der Waals surface area contributed by atoms with E-state index in [1.165, 1.54) is 4.90 Å². The average molecular weight is 317 g/mol. The van der Waals surface area contributed by atoms with E-state index in [0.717, 1.165) is 5.56 Å². The monoisotopic (exact) mass is 317 g/mol. The fourth-order valence-corrected chi connectivity index (χ4v) is 2.77. The van der Waals surface area contributed by atoms with Crippen molar-refractivity contribution in [2.75, 3.05) is 19.7 Å². The predicted molar refractivity (Wildman–Crippen MR) is 73.6 cm³/mol. The molecule has 1 aliphatic rings. The standard InChI is InChI=1S/C15H18F3NO3/c1-2-22-13-6-4-3-5-10(13)7-19-8-11(14(20)21)12(9-19)15(16,17)18/h3-6,11-12H,2,7-9H2,1H3,(H,20,21)/t11-,12-/m1/s1. The number of ether oxygens (including phenoxy) is 1. The number of nitrogens with zero attached hydrogens (tertiary/aromatic N) is 1. The molecule has 0 aliphatic carbocycles. The summed E-state index contributed by atoms with van der Waals surface area (Å²) in [4.78, 5) is 12.6. The average Bonchev–Trinajstić information content (AvgIpc) is 2.85. The number of alkyl halides is 3. The summed E-state index contributed by atoms with van der Waals surface area (Å²) in [6, 6.07) is 7.10. The van der Waals surface area contributed by atoms with Gasteiger partial charge in [-0.3, -0.25) is 9.69 Å². The van der Waals surface area contributed by atoms with E-state index < -0.39 is 24.0 Å². The number of carboxylic acid groups (broad SMARTS) is 1. The van der Waals surface area contributed by atoms with Crippen LogP contribution in [0.5, 0.6) is 5.75 Å². The number of carboxylic acids is 1. The Balaban J connectivity index is 2.13. The summed E-state index contributed by atoms with van der Waals surface area (Å²) >= 11 is 0. The highest BCUT2D eigenvalue weighted by atomic mass is 19.4. The normalized spacial score (nSPS) is 22.7. The molecule has 1 aromatic rings. The number of para-hydroxylation sites is 1. The summed E-state index contributed by atoms with van der Waals surface area (Å²) in [6.45, 7) is 2.11. The molecule has 0 aromatic heterocycles. The maximum Gasteiger partial charge on any atom is 0.393 e. The zero-order valence-corrected chi connectivity index (χ0v) is 12.1. The van der Waals surface area contributed by atoms with E-state index in [0.29, 0.717) is 12.4 Å². The molecule has 0 radical (unpaired) electrons. The van der Waals surface area contributed by atoms with Gasteiger partial charge in [-0.25, -0.2) is 0 Å². The SMILES string of the molecule is CCOc1ccccc1CN1C[C@@H](C(F)(F)F)[C@H](C(=O)O)C1.